The molecule has 0 bridgehead atoms. The highest BCUT2D eigenvalue weighted by Gasteiger charge is 2.41. The number of carbonyl (C=O) groups is 3. The standard InChI is InChI=1S/C28H40N4O3S/c1-17(2)15-22(20-10-12-21(13-11-20)24-18(3)29-16-36-24)31-26(34)23-9-8-14-32(23)27(35)25(28(5,6)7)30-19(4)33/h10-13,16-17,22-23,25H,8-9,14-15H2,1-7H3,(H,30,33)(H,31,34)/t22?,23-,25+/m0/s1. The minimum atomic E-state index is -0.683. The third-order valence-corrected chi connectivity index (χ3v) is 7.62. The molecule has 1 aromatic carbocycles. The molecule has 1 aliphatic rings. The minimum absolute atomic E-state index is 0.135. The number of hydrogen-bond acceptors (Lipinski definition) is 5. The molecule has 0 saturated carbocycles. The predicted molar refractivity (Wildman–Crippen MR) is 144 cm³/mol. The Bertz CT molecular complexity index is 1070. The Balaban J connectivity index is 1.78. The van der Waals surface area contributed by atoms with Gasteiger partial charge in [0.15, 0.2) is 0 Å². The van der Waals surface area contributed by atoms with Crippen LogP contribution in [0.15, 0.2) is 29.8 Å². The SMILES string of the molecule is CC(=O)N[C@H](C(=O)N1CCC[C@H]1C(=O)NC(CC(C)C)c1ccc(-c2scnc2C)cc1)C(C)(C)C. The number of likely N-dealkylation sites (tertiary alicyclic amines) is 1. The van der Waals surface area contributed by atoms with E-state index in [-0.39, 0.29) is 23.8 Å². The number of nitrogens with one attached hydrogen (secondary N) is 2. The summed E-state index contributed by atoms with van der Waals surface area (Å²) < 4.78 is 0. The van der Waals surface area contributed by atoms with Crippen LogP contribution in [0.1, 0.15) is 78.1 Å². The van der Waals surface area contributed by atoms with Crippen LogP contribution >= 0.6 is 11.3 Å². The Morgan fingerprint density at radius 2 is 1.81 bits per heavy atom. The number of carbonyl (C=O) groups excluding carboxylic acids is 3. The van der Waals surface area contributed by atoms with Gasteiger partial charge in [0.1, 0.15) is 12.1 Å². The maximum absolute atomic E-state index is 13.5. The van der Waals surface area contributed by atoms with Crippen molar-refractivity contribution in [1.82, 2.24) is 20.5 Å². The number of nitrogens with zero attached hydrogens (tertiary/aromatic N) is 2. The summed E-state index contributed by atoms with van der Waals surface area (Å²) in [5.74, 6) is -0.202. The van der Waals surface area contributed by atoms with Crippen LogP contribution in [0.2, 0.25) is 0 Å². The minimum Gasteiger partial charge on any atom is -0.347 e. The fraction of sp³-hybridized carbons (Fsp3) is 0.571. The van der Waals surface area contributed by atoms with Crippen molar-refractivity contribution in [2.24, 2.45) is 11.3 Å². The quantitative estimate of drug-likeness (QED) is 0.528. The lowest BCUT2D eigenvalue weighted by atomic mass is 9.85. The fourth-order valence-corrected chi connectivity index (χ4v) is 5.60. The average Bonchev–Trinajstić information content (AvgIpc) is 3.45. The average molecular weight is 513 g/mol. The van der Waals surface area contributed by atoms with Crippen LogP contribution in [0.5, 0.6) is 0 Å². The van der Waals surface area contributed by atoms with E-state index in [0.29, 0.717) is 18.9 Å². The topological polar surface area (TPSA) is 91.4 Å². The summed E-state index contributed by atoms with van der Waals surface area (Å²) in [4.78, 5) is 45.9. The van der Waals surface area contributed by atoms with Gasteiger partial charge in [-0.1, -0.05) is 58.9 Å². The van der Waals surface area contributed by atoms with Crippen LogP contribution < -0.4 is 10.6 Å². The molecule has 2 heterocycles. The zero-order valence-electron chi connectivity index (χ0n) is 22.6. The summed E-state index contributed by atoms with van der Waals surface area (Å²) in [6, 6.07) is 6.95. The van der Waals surface area contributed by atoms with Gasteiger partial charge in [-0.25, -0.2) is 4.98 Å². The Morgan fingerprint density at radius 1 is 1.14 bits per heavy atom. The van der Waals surface area contributed by atoms with E-state index in [0.717, 1.165) is 34.5 Å². The van der Waals surface area contributed by atoms with Crippen molar-refractivity contribution in [2.45, 2.75) is 85.9 Å². The molecule has 1 saturated heterocycles. The van der Waals surface area contributed by atoms with E-state index in [9.17, 15) is 14.4 Å². The van der Waals surface area contributed by atoms with Crippen molar-refractivity contribution in [2.75, 3.05) is 6.54 Å². The van der Waals surface area contributed by atoms with Crippen LogP contribution in [-0.4, -0.2) is 46.2 Å². The van der Waals surface area contributed by atoms with E-state index in [4.69, 9.17) is 0 Å². The van der Waals surface area contributed by atoms with Crippen molar-refractivity contribution < 1.29 is 14.4 Å². The molecule has 3 amide bonds. The zero-order chi connectivity index (χ0) is 26.6. The molecular formula is C28H40N4O3S. The molecule has 1 aliphatic heterocycles. The highest BCUT2D eigenvalue weighted by molar-refractivity contribution is 7.13. The van der Waals surface area contributed by atoms with E-state index >= 15 is 0 Å². The first-order chi connectivity index (χ1) is 16.9. The van der Waals surface area contributed by atoms with Crippen LogP contribution in [0, 0.1) is 18.3 Å². The van der Waals surface area contributed by atoms with Gasteiger partial charge in [0.2, 0.25) is 17.7 Å². The number of amides is 3. The van der Waals surface area contributed by atoms with Crippen molar-refractivity contribution in [3.63, 3.8) is 0 Å². The van der Waals surface area contributed by atoms with Gasteiger partial charge in [-0.15, -0.1) is 11.3 Å². The van der Waals surface area contributed by atoms with E-state index in [2.05, 4.69) is 53.7 Å². The summed E-state index contributed by atoms with van der Waals surface area (Å²) in [6.07, 6.45) is 2.17. The van der Waals surface area contributed by atoms with Crippen LogP contribution in [0.25, 0.3) is 10.4 Å². The molecule has 2 aromatic rings. The molecule has 1 fully saturated rings. The lowest BCUT2D eigenvalue weighted by Crippen LogP contribution is -2.57. The molecule has 3 rings (SSSR count). The molecule has 3 atom stereocenters. The summed E-state index contributed by atoms with van der Waals surface area (Å²) in [5.41, 5.74) is 4.56. The van der Waals surface area contributed by atoms with E-state index < -0.39 is 17.5 Å². The predicted octanol–water partition coefficient (Wildman–Crippen LogP) is 4.86. The van der Waals surface area contributed by atoms with Gasteiger partial charge in [-0.3, -0.25) is 14.4 Å². The van der Waals surface area contributed by atoms with Gasteiger partial charge in [-0.05, 0) is 48.6 Å². The zero-order valence-corrected chi connectivity index (χ0v) is 23.4. The molecule has 36 heavy (non-hydrogen) atoms. The first-order valence-corrected chi connectivity index (χ1v) is 13.6. The molecule has 0 radical (unpaired) electrons. The monoisotopic (exact) mass is 512 g/mol. The first kappa shape index (κ1) is 27.8. The fourth-order valence-electron chi connectivity index (χ4n) is 4.78. The maximum atomic E-state index is 13.5. The first-order valence-electron chi connectivity index (χ1n) is 12.8. The molecule has 1 unspecified atom stereocenters. The lowest BCUT2D eigenvalue weighted by molar-refractivity contribution is -0.143. The molecule has 1 aromatic heterocycles. The molecule has 196 valence electrons. The highest BCUT2D eigenvalue weighted by atomic mass is 32.1. The number of benzene rings is 1. The van der Waals surface area contributed by atoms with Crippen molar-refractivity contribution in [3.05, 3.63) is 41.0 Å². The molecule has 8 heteroatoms. The van der Waals surface area contributed by atoms with Crippen LogP contribution in [-0.2, 0) is 14.4 Å². The second kappa shape index (κ2) is 11.5. The maximum Gasteiger partial charge on any atom is 0.246 e. The number of hydrogen-bond donors (Lipinski definition) is 2. The number of aromatic nitrogens is 1. The number of aryl methyl sites for hydroxylation is 1. The van der Waals surface area contributed by atoms with Gasteiger partial charge in [0.25, 0.3) is 0 Å². The van der Waals surface area contributed by atoms with Crippen LogP contribution in [0.4, 0.5) is 0 Å². The summed E-state index contributed by atoms with van der Waals surface area (Å²) in [7, 11) is 0. The Morgan fingerprint density at radius 3 is 2.33 bits per heavy atom. The Labute approximate surface area is 219 Å². The summed E-state index contributed by atoms with van der Waals surface area (Å²) in [5, 5.41) is 6.05. The van der Waals surface area contributed by atoms with Crippen molar-refractivity contribution in [3.8, 4) is 10.4 Å². The summed E-state index contributed by atoms with van der Waals surface area (Å²) >= 11 is 1.62. The largest absolute Gasteiger partial charge is 0.347 e. The van der Waals surface area contributed by atoms with Gasteiger partial charge in [0.05, 0.1) is 22.1 Å². The second-order valence-corrected chi connectivity index (χ2v) is 12.1. The number of rotatable bonds is 8. The molecule has 0 spiro atoms. The lowest BCUT2D eigenvalue weighted by Gasteiger charge is -2.35. The van der Waals surface area contributed by atoms with Crippen molar-refractivity contribution >= 4 is 29.1 Å². The third kappa shape index (κ3) is 6.72. The second-order valence-electron chi connectivity index (χ2n) is 11.3. The van der Waals surface area contributed by atoms with Crippen molar-refractivity contribution in [1.29, 1.82) is 0 Å². The van der Waals surface area contributed by atoms with E-state index in [1.54, 1.807) is 16.2 Å². The molecular weight excluding hydrogens is 472 g/mol. The van der Waals surface area contributed by atoms with E-state index in [1.165, 1.54) is 6.92 Å². The van der Waals surface area contributed by atoms with Crippen LogP contribution in [0.3, 0.4) is 0 Å². The van der Waals surface area contributed by atoms with Gasteiger partial charge < -0.3 is 15.5 Å². The van der Waals surface area contributed by atoms with E-state index in [1.807, 2.05) is 33.2 Å². The highest BCUT2D eigenvalue weighted by Crippen LogP contribution is 2.31. The molecule has 2 N–H and O–H groups in total. The van der Waals surface area contributed by atoms with Gasteiger partial charge in [-0.2, -0.15) is 0 Å². The Hall–Kier alpha value is -2.74. The molecule has 7 nitrogen and oxygen atoms in total. The number of thiazole rings is 1. The third-order valence-electron chi connectivity index (χ3n) is 6.64. The smallest absolute Gasteiger partial charge is 0.246 e. The Kier molecular flexibility index (Phi) is 8.93. The summed E-state index contributed by atoms with van der Waals surface area (Å²) in [6.45, 7) is 14.0. The van der Waals surface area contributed by atoms with Gasteiger partial charge >= 0.3 is 0 Å². The molecule has 0 aliphatic carbocycles. The normalized spacial score (nSPS) is 17.7. The van der Waals surface area contributed by atoms with Gasteiger partial charge in [0, 0.05) is 13.5 Å².